The zero-order chi connectivity index (χ0) is 9.68. The first-order valence-corrected chi connectivity index (χ1v) is 4.70. The van der Waals surface area contributed by atoms with Gasteiger partial charge in [0.2, 0.25) is 5.91 Å². The first-order valence-electron chi connectivity index (χ1n) is 4.70. The fraction of sp³-hybridized carbons (Fsp3) is 0.778. The van der Waals surface area contributed by atoms with Gasteiger partial charge in [0.05, 0.1) is 0 Å². The third kappa shape index (κ3) is 3.44. The van der Waals surface area contributed by atoms with Gasteiger partial charge in [-0.05, 0) is 19.3 Å². The number of carboxylic acids is 1. The first-order chi connectivity index (χ1) is 6.20. The van der Waals surface area contributed by atoms with Crippen molar-refractivity contribution in [1.29, 1.82) is 0 Å². The summed E-state index contributed by atoms with van der Waals surface area (Å²) in [5.41, 5.74) is 0. The zero-order valence-electron chi connectivity index (χ0n) is 7.66. The predicted molar refractivity (Wildman–Crippen MR) is 47.3 cm³/mol. The molecule has 1 heterocycles. The molecule has 0 spiro atoms. The van der Waals surface area contributed by atoms with Crippen molar-refractivity contribution in [2.75, 3.05) is 13.1 Å². The molecule has 4 heteroatoms. The highest BCUT2D eigenvalue weighted by Crippen LogP contribution is 2.10. The van der Waals surface area contributed by atoms with Crippen molar-refractivity contribution in [2.45, 2.75) is 32.1 Å². The molecule has 0 aromatic heterocycles. The number of carbonyl (C=O) groups is 2. The van der Waals surface area contributed by atoms with E-state index in [1.54, 1.807) is 4.90 Å². The molecule has 0 unspecified atom stereocenters. The van der Waals surface area contributed by atoms with E-state index in [1.165, 1.54) is 0 Å². The van der Waals surface area contributed by atoms with Crippen molar-refractivity contribution >= 4 is 11.9 Å². The Hall–Kier alpha value is -1.06. The molecule has 1 aliphatic heterocycles. The molecule has 1 saturated heterocycles. The number of piperidine rings is 1. The highest BCUT2D eigenvalue weighted by Gasteiger charge is 2.17. The van der Waals surface area contributed by atoms with Gasteiger partial charge < -0.3 is 10.0 Å². The van der Waals surface area contributed by atoms with Gasteiger partial charge in [-0.25, -0.2) is 0 Å². The molecule has 0 aromatic carbocycles. The summed E-state index contributed by atoms with van der Waals surface area (Å²) in [5.74, 6) is -0.610. The smallest absolute Gasteiger partial charge is 0.303 e. The number of amides is 1. The third-order valence-electron chi connectivity index (χ3n) is 2.24. The van der Waals surface area contributed by atoms with E-state index in [1.807, 2.05) is 0 Å². The second-order valence-electron chi connectivity index (χ2n) is 3.34. The van der Waals surface area contributed by atoms with Crippen LogP contribution in [0.3, 0.4) is 0 Å². The summed E-state index contributed by atoms with van der Waals surface area (Å²) in [6.07, 6.45) is 3.39. The standard InChI is InChI=1S/C9H15NO3/c11-8-4-1-2-6-10(8)7-3-5-9(12)13/h1-7H2,(H,12,13). The van der Waals surface area contributed by atoms with E-state index in [9.17, 15) is 9.59 Å². The van der Waals surface area contributed by atoms with Gasteiger partial charge in [0.1, 0.15) is 0 Å². The second-order valence-corrected chi connectivity index (χ2v) is 3.34. The topological polar surface area (TPSA) is 57.6 Å². The lowest BCUT2D eigenvalue weighted by Gasteiger charge is -2.26. The number of hydrogen-bond donors (Lipinski definition) is 1. The Morgan fingerprint density at radius 2 is 2.23 bits per heavy atom. The number of carboxylic acid groups (broad SMARTS) is 1. The quantitative estimate of drug-likeness (QED) is 0.706. The largest absolute Gasteiger partial charge is 0.481 e. The van der Waals surface area contributed by atoms with Crippen LogP contribution in [0.5, 0.6) is 0 Å². The average Bonchev–Trinajstić information content (AvgIpc) is 2.08. The van der Waals surface area contributed by atoms with E-state index in [0.29, 0.717) is 19.4 Å². The Balaban J connectivity index is 2.19. The summed E-state index contributed by atoms with van der Waals surface area (Å²) in [4.78, 5) is 23.2. The summed E-state index contributed by atoms with van der Waals surface area (Å²) in [6.45, 7) is 1.41. The maximum absolute atomic E-state index is 11.2. The third-order valence-corrected chi connectivity index (χ3v) is 2.24. The number of aliphatic carboxylic acids is 1. The van der Waals surface area contributed by atoms with Gasteiger partial charge in [-0.1, -0.05) is 0 Å². The van der Waals surface area contributed by atoms with Crippen LogP contribution in [0.15, 0.2) is 0 Å². The number of rotatable bonds is 4. The van der Waals surface area contributed by atoms with Crippen LogP contribution in [0.4, 0.5) is 0 Å². The van der Waals surface area contributed by atoms with Crippen molar-refractivity contribution in [3.63, 3.8) is 0 Å². The summed E-state index contributed by atoms with van der Waals surface area (Å²) in [5, 5.41) is 8.41. The van der Waals surface area contributed by atoms with Crippen LogP contribution in [0.25, 0.3) is 0 Å². The summed E-state index contributed by atoms with van der Waals surface area (Å²) >= 11 is 0. The molecule has 1 amide bonds. The molecule has 74 valence electrons. The Labute approximate surface area is 77.5 Å². The van der Waals surface area contributed by atoms with E-state index in [4.69, 9.17) is 5.11 Å². The SMILES string of the molecule is O=C(O)CCCN1CCCCC1=O. The van der Waals surface area contributed by atoms with Crippen molar-refractivity contribution in [2.24, 2.45) is 0 Å². The fourth-order valence-electron chi connectivity index (χ4n) is 1.52. The molecular weight excluding hydrogens is 170 g/mol. The van der Waals surface area contributed by atoms with Gasteiger partial charge in [0.25, 0.3) is 0 Å². The molecule has 0 bridgehead atoms. The monoisotopic (exact) mass is 185 g/mol. The van der Waals surface area contributed by atoms with Gasteiger partial charge in [-0.3, -0.25) is 9.59 Å². The maximum Gasteiger partial charge on any atom is 0.303 e. The predicted octanol–water partition coefficient (Wildman–Crippen LogP) is 0.864. The average molecular weight is 185 g/mol. The van der Waals surface area contributed by atoms with Gasteiger partial charge in [0.15, 0.2) is 0 Å². The van der Waals surface area contributed by atoms with E-state index < -0.39 is 5.97 Å². The van der Waals surface area contributed by atoms with Gasteiger partial charge in [-0.2, -0.15) is 0 Å². The summed E-state index contributed by atoms with van der Waals surface area (Å²) < 4.78 is 0. The minimum atomic E-state index is -0.788. The number of carbonyl (C=O) groups excluding carboxylic acids is 1. The van der Waals surface area contributed by atoms with E-state index in [-0.39, 0.29) is 12.3 Å². The zero-order valence-corrected chi connectivity index (χ0v) is 7.66. The highest BCUT2D eigenvalue weighted by molar-refractivity contribution is 5.76. The number of hydrogen-bond acceptors (Lipinski definition) is 2. The van der Waals surface area contributed by atoms with Crippen molar-refractivity contribution in [3.8, 4) is 0 Å². The number of nitrogens with zero attached hydrogens (tertiary/aromatic N) is 1. The lowest BCUT2D eigenvalue weighted by molar-refractivity contribution is -0.138. The van der Waals surface area contributed by atoms with E-state index in [0.717, 1.165) is 19.4 Å². The Morgan fingerprint density at radius 3 is 2.85 bits per heavy atom. The maximum atomic E-state index is 11.2. The molecule has 0 aliphatic carbocycles. The van der Waals surface area contributed by atoms with Crippen LogP contribution >= 0.6 is 0 Å². The van der Waals surface area contributed by atoms with Crippen molar-refractivity contribution in [1.82, 2.24) is 4.90 Å². The molecule has 0 aromatic rings. The molecule has 0 saturated carbocycles. The lowest BCUT2D eigenvalue weighted by Crippen LogP contribution is -2.36. The summed E-state index contributed by atoms with van der Waals surface area (Å²) in [7, 11) is 0. The molecule has 0 radical (unpaired) electrons. The molecule has 0 atom stereocenters. The second kappa shape index (κ2) is 4.84. The lowest BCUT2D eigenvalue weighted by atomic mass is 10.1. The van der Waals surface area contributed by atoms with Crippen LogP contribution < -0.4 is 0 Å². The number of likely N-dealkylation sites (tertiary alicyclic amines) is 1. The van der Waals surface area contributed by atoms with Crippen LogP contribution in [0.1, 0.15) is 32.1 Å². The highest BCUT2D eigenvalue weighted by atomic mass is 16.4. The Morgan fingerprint density at radius 1 is 1.46 bits per heavy atom. The van der Waals surface area contributed by atoms with Gasteiger partial charge in [0, 0.05) is 25.9 Å². The molecular formula is C9H15NO3. The first kappa shape index (κ1) is 10.0. The minimum absolute atomic E-state index is 0.157. The molecule has 1 N–H and O–H groups in total. The molecule has 4 nitrogen and oxygen atoms in total. The molecule has 1 rings (SSSR count). The van der Waals surface area contributed by atoms with Gasteiger partial charge >= 0.3 is 5.97 Å². The van der Waals surface area contributed by atoms with E-state index in [2.05, 4.69) is 0 Å². The molecule has 1 aliphatic rings. The Bertz CT molecular complexity index is 203. The fourth-order valence-corrected chi connectivity index (χ4v) is 1.52. The van der Waals surface area contributed by atoms with Crippen LogP contribution in [-0.4, -0.2) is 35.0 Å². The van der Waals surface area contributed by atoms with Crippen LogP contribution in [0, 0.1) is 0 Å². The van der Waals surface area contributed by atoms with Crippen LogP contribution in [-0.2, 0) is 9.59 Å². The minimum Gasteiger partial charge on any atom is -0.481 e. The van der Waals surface area contributed by atoms with Crippen molar-refractivity contribution in [3.05, 3.63) is 0 Å². The van der Waals surface area contributed by atoms with Crippen LogP contribution in [0.2, 0.25) is 0 Å². The summed E-state index contributed by atoms with van der Waals surface area (Å²) in [6, 6.07) is 0. The molecule has 13 heavy (non-hydrogen) atoms. The molecule has 1 fully saturated rings. The van der Waals surface area contributed by atoms with E-state index >= 15 is 0 Å². The van der Waals surface area contributed by atoms with Crippen molar-refractivity contribution < 1.29 is 14.7 Å². The van der Waals surface area contributed by atoms with Gasteiger partial charge in [-0.15, -0.1) is 0 Å². The normalized spacial score (nSPS) is 17.5. The Kier molecular flexibility index (Phi) is 3.73.